The second-order valence-corrected chi connectivity index (χ2v) is 9.53. The normalized spacial score (nSPS) is 28.7. The van der Waals surface area contributed by atoms with Crippen LogP contribution >= 0.6 is 11.3 Å². The zero-order valence-electron chi connectivity index (χ0n) is 16.4. The number of likely N-dealkylation sites (tertiary alicyclic amines) is 1. The van der Waals surface area contributed by atoms with Gasteiger partial charge >= 0.3 is 0 Å². The van der Waals surface area contributed by atoms with Crippen molar-refractivity contribution in [3.63, 3.8) is 0 Å². The molecule has 154 valence electrons. The number of hydrogen-bond acceptors (Lipinski definition) is 4. The topological polar surface area (TPSA) is 49.8 Å². The molecule has 0 bridgehead atoms. The fraction of sp³-hybridized carbons (Fsp3) is 0.522. The first-order chi connectivity index (χ1) is 14.1. The first-order valence-electron chi connectivity index (χ1n) is 10.6. The molecule has 29 heavy (non-hydrogen) atoms. The van der Waals surface area contributed by atoms with E-state index in [1.165, 1.54) is 36.1 Å². The molecule has 1 aliphatic heterocycles. The van der Waals surface area contributed by atoms with Crippen LogP contribution in [0.3, 0.4) is 0 Å². The maximum atomic E-state index is 13.2. The molecule has 2 aliphatic carbocycles. The SMILES string of the molecule is O=C(c1scc2c1CCCC2)N1C[C@H]2C[C@@H](Oc3ccc(F)cc3)[C@H](O)C[C@H]2C1. The highest BCUT2D eigenvalue weighted by Gasteiger charge is 2.44. The molecule has 2 fully saturated rings. The van der Waals surface area contributed by atoms with Crippen molar-refractivity contribution in [1.82, 2.24) is 4.90 Å². The number of aryl methyl sites for hydroxylation is 1. The van der Waals surface area contributed by atoms with E-state index in [9.17, 15) is 14.3 Å². The van der Waals surface area contributed by atoms with E-state index in [0.717, 1.165) is 37.2 Å². The van der Waals surface area contributed by atoms with Crippen LogP contribution in [-0.2, 0) is 12.8 Å². The number of ether oxygens (including phenoxy) is 1. The van der Waals surface area contributed by atoms with Crippen LogP contribution < -0.4 is 4.74 Å². The number of aliphatic hydroxyl groups excluding tert-OH is 1. The Morgan fingerprint density at radius 2 is 1.83 bits per heavy atom. The van der Waals surface area contributed by atoms with Crippen LogP contribution in [0.2, 0.25) is 0 Å². The average Bonchev–Trinajstić information content (AvgIpc) is 3.33. The number of aliphatic hydroxyl groups is 1. The zero-order valence-corrected chi connectivity index (χ0v) is 17.2. The van der Waals surface area contributed by atoms with Crippen molar-refractivity contribution in [2.24, 2.45) is 11.8 Å². The second-order valence-electron chi connectivity index (χ2n) is 8.65. The van der Waals surface area contributed by atoms with Crippen molar-refractivity contribution in [3.05, 3.63) is 51.5 Å². The Bertz CT molecular complexity index is 896. The van der Waals surface area contributed by atoms with Crippen LogP contribution in [0.15, 0.2) is 29.6 Å². The van der Waals surface area contributed by atoms with Gasteiger partial charge in [0.1, 0.15) is 17.7 Å². The number of rotatable bonds is 3. The van der Waals surface area contributed by atoms with Crippen molar-refractivity contribution < 1.29 is 19.0 Å². The number of nitrogens with zero attached hydrogens (tertiary/aromatic N) is 1. The maximum Gasteiger partial charge on any atom is 0.264 e. The molecule has 4 atom stereocenters. The summed E-state index contributed by atoms with van der Waals surface area (Å²) < 4.78 is 19.1. The summed E-state index contributed by atoms with van der Waals surface area (Å²) in [5.74, 6) is 1.09. The van der Waals surface area contributed by atoms with Gasteiger partial charge in [-0.1, -0.05) is 0 Å². The number of fused-ring (bicyclic) bond motifs is 2. The van der Waals surface area contributed by atoms with Crippen LogP contribution in [0.25, 0.3) is 0 Å². The van der Waals surface area contributed by atoms with Crippen molar-refractivity contribution in [3.8, 4) is 5.75 Å². The van der Waals surface area contributed by atoms with Gasteiger partial charge in [-0.15, -0.1) is 11.3 Å². The Labute approximate surface area is 174 Å². The lowest BCUT2D eigenvalue weighted by Gasteiger charge is -2.35. The van der Waals surface area contributed by atoms with Gasteiger partial charge < -0.3 is 14.7 Å². The molecule has 0 radical (unpaired) electrons. The Kier molecular flexibility index (Phi) is 5.08. The number of amides is 1. The van der Waals surface area contributed by atoms with Crippen molar-refractivity contribution in [1.29, 1.82) is 0 Å². The van der Waals surface area contributed by atoms with Crippen molar-refractivity contribution in [2.45, 2.75) is 50.7 Å². The van der Waals surface area contributed by atoms with E-state index in [0.29, 0.717) is 24.0 Å². The zero-order chi connectivity index (χ0) is 20.0. The summed E-state index contributed by atoms with van der Waals surface area (Å²) in [5.41, 5.74) is 2.64. The molecule has 1 aromatic carbocycles. The number of carbonyl (C=O) groups is 1. The van der Waals surface area contributed by atoms with E-state index in [1.54, 1.807) is 23.5 Å². The highest BCUT2D eigenvalue weighted by molar-refractivity contribution is 7.12. The molecule has 1 N–H and O–H groups in total. The fourth-order valence-corrected chi connectivity index (χ4v) is 6.34. The largest absolute Gasteiger partial charge is 0.488 e. The van der Waals surface area contributed by atoms with Gasteiger partial charge in [-0.25, -0.2) is 4.39 Å². The first-order valence-corrected chi connectivity index (χ1v) is 11.4. The highest BCUT2D eigenvalue weighted by atomic mass is 32.1. The molecule has 0 unspecified atom stereocenters. The third-order valence-electron chi connectivity index (χ3n) is 6.77. The molecule has 1 aromatic heterocycles. The van der Waals surface area contributed by atoms with E-state index >= 15 is 0 Å². The van der Waals surface area contributed by atoms with E-state index in [-0.39, 0.29) is 17.8 Å². The van der Waals surface area contributed by atoms with Crippen molar-refractivity contribution in [2.75, 3.05) is 13.1 Å². The van der Waals surface area contributed by atoms with Crippen LogP contribution in [0.1, 0.15) is 46.5 Å². The third-order valence-corrected chi connectivity index (χ3v) is 7.83. The summed E-state index contributed by atoms with van der Waals surface area (Å²) in [6, 6.07) is 5.92. The van der Waals surface area contributed by atoms with E-state index in [4.69, 9.17) is 4.74 Å². The van der Waals surface area contributed by atoms with Gasteiger partial charge in [0, 0.05) is 13.1 Å². The molecule has 1 saturated carbocycles. The number of benzene rings is 1. The molecule has 1 saturated heterocycles. The number of halogens is 1. The van der Waals surface area contributed by atoms with Gasteiger partial charge in [-0.3, -0.25) is 4.79 Å². The lowest BCUT2D eigenvalue weighted by Crippen LogP contribution is -2.42. The van der Waals surface area contributed by atoms with Gasteiger partial charge in [0.25, 0.3) is 5.91 Å². The summed E-state index contributed by atoms with van der Waals surface area (Å²) in [6.45, 7) is 1.45. The van der Waals surface area contributed by atoms with E-state index in [1.807, 2.05) is 4.90 Å². The minimum absolute atomic E-state index is 0.165. The van der Waals surface area contributed by atoms with Gasteiger partial charge in [0.05, 0.1) is 11.0 Å². The average molecular weight is 416 g/mol. The Morgan fingerprint density at radius 1 is 1.10 bits per heavy atom. The minimum Gasteiger partial charge on any atom is -0.488 e. The number of hydrogen-bond donors (Lipinski definition) is 1. The lowest BCUT2D eigenvalue weighted by molar-refractivity contribution is -0.0231. The molecule has 2 aromatic rings. The second kappa shape index (κ2) is 7.73. The molecule has 6 heteroatoms. The minimum atomic E-state index is -0.564. The molecular formula is C23H26FNO3S. The summed E-state index contributed by atoms with van der Waals surface area (Å²) in [7, 11) is 0. The van der Waals surface area contributed by atoms with Gasteiger partial charge in [0.2, 0.25) is 0 Å². The molecule has 0 spiro atoms. The predicted octanol–water partition coefficient (Wildman–Crippen LogP) is 4.06. The Morgan fingerprint density at radius 3 is 2.62 bits per heavy atom. The van der Waals surface area contributed by atoms with Crippen LogP contribution in [0, 0.1) is 17.7 Å². The standard InChI is InChI=1S/C23H26FNO3S/c24-17-5-7-18(8-6-17)28-21-10-16-12-25(11-15(16)9-20(21)26)23(27)22-19-4-2-1-3-14(19)13-29-22/h5-8,13,15-16,20-21,26H,1-4,9-12H2/t15-,16+,20+,21+/m0/s1. The Balaban J connectivity index is 1.26. The van der Waals surface area contributed by atoms with Crippen LogP contribution in [0.5, 0.6) is 5.75 Å². The van der Waals surface area contributed by atoms with Crippen LogP contribution in [0.4, 0.5) is 4.39 Å². The summed E-state index contributed by atoms with van der Waals surface area (Å²) >= 11 is 1.60. The highest BCUT2D eigenvalue weighted by Crippen LogP contribution is 2.39. The maximum absolute atomic E-state index is 13.2. The smallest absolute Gasteiger partial charge is 0.264 e. The summed E-state index contributed by atoms with van der Waals surface area (Å²) in [4.78, 5) is 16.1. The van der Waals surface area contributed by atoms with E-state index < -0.39 is 6.10 Å². The molecule has 2 heterocycles. The third kappa shape index (κ3) is 3.68. The monoisotopic (exact) mass is 415 g/mol. The van der Waals surface area contributed by atoms with Crippen molar-refractivity contribution >= 4 is 17.2 Å². The number of carbonyl (C=O) groups excluding carboxylic acids is 1. The molecular weight excluding hydrogens is 389 g/mol. The summed E-state index contributed by atoms with van der Waals surface area (Å²) in [5, 5.41) is 12.8. The molecule has 1 amide bonds. The van der Waals surface area contributed by atoms with Gasteiger partial charge in [-0.05, 0) is 91.1 Å². The predicted molar refractivity (Wildman–Crippen MR) is 110 cm³/mol. The Hall–Kier alpha value is -1.92. The molecule has 3 aliphatic rings. The number of thiophene rings is 1. The quantitative estimate of drug-likeness (QED) is 0.823. The van der Waals surface area contributed by atoms with Gasteiger partial charge in [-0.2, -0.15) is 0 Å². The summed E-state index contributed by atoms with van der Waals surface area (Å²) in [6.07, 6.45) is 4.99. The van der Waals surface area contributed by atoms with Gasteiger partial charge in [0.15, 0.2) is 0 Å². The first kappa shape index (κ1) is 19.1. The van der Waals surface area contributed by atoms with Crippen LogP contribution in [-0.4, -0.2) is 41.2 Å². The lowest BCUT2D eigenvalue weighted by atomic mass is 9.78. The molecule has 4 nitrogen and oxygen atoms in total. The molecule has 5 rings (SSSR count). The van der Waals surface area contributed by atoms with E-state index in [2.05, 4.69) is 5.38 Å². The fourth-order valence-electron chi connectivity index (χ4n) is 5.21.